The van der Waals surface area contributed by atoms with E-state index in [2.05, 4.69) is 10.3 Å². The highest BCUT2D eigenvalue weighted by Gasteiger charge is 2.24. The predicted octanol–water partition coefficient (Wildman–Crippen LogP) is 2.14. The number of aryl methyl sites for hydroxylation is 1. The van der Waals surface area contributed by atoms with Gasteiger partial charge in [-0.05, 0) is 53.0 Å². The third-order valence-electron chi connectivity index (χ3n) is 4.62. The molecule has 3 rings (SSSR count). The Morgan fingerprint density at radius 1 is 1.33 bits per heavy atom. The average molecular weight is 414 g/mol. The largest absolute Gasteiger partial charge is 0.491 e. The van der Waals surface area contributed by atoms with Crippen molar-refractivity contribution < 1.29 is 14.6 Å². The molecule has 2 N–H and O–H groups in total. The number of carbonyl (C=O) groups excluding carboxylic acids is 1. The van der Waals surface area contributed by atoms with Crippen molar-refractivity contribution in [2.45, 2.75) is 58.6 Å². The highest BCUT2D eigenvalue weighted by atomic mass is 16.5. The minimum Gasteiger partial charge on any atom is -0.491 e. The first-order chi connectivity index (χ1) is 14.1. The first-order valence-corrected chi connectivity index (χ1v) is 10.3. The number of nitrogens with one attached hydrogen (secondary N) is 1. The Kier molecular flexibility index (Phi) is 6.55. The van der Waals surface area contributed by atoms with E-state index in [1.807, 2.05) is 32.7 Å². The van der Waals surface area contributed by atoms with E-state index in [0.29, 0.717) is 17.3 Å². The summed E-state index contributed by atoms with van der Waals surface area (Å²) in [5, 5.41) is 12.4. The molecule has 1 aliphatic rings. The van der Waals surface area contributed by atoms with Gasteiger partial charge in [-0.2, -0.15) is 0 Å². The molecule has 0 aromatic carbocycles. The first-order valence-electron chi connectivity index (χ1n) is 10.3. The van der Waals surface area contributed by atoms with Gasteiger partial charge < -0.3 is 20.1 Å². The number of amides is 1. The van der Waals surface area contributed by atoms with E-state index in [1.165, 1.54) is 0 Å². The van der Waals surface area contributed by atoms with E-state index in [-0.39, 0.29) is 24.6 Å². The van der Waals surface area contributed by atoms with Gasteiger partial charge in [-0.3, -0.25) is 9.78 Å². The van der Waals surface area contributed by atoms with Crippen LogP contribution in [0.15, 0.2) is 18.3 Å². The maximum Gasteiger partial charge on any atom is 0.239 e. The van der Waals surface area contributed by atoms with E-state index >= 15 is 0 Å². The Morgan fingerprint density at radius 2 is 2.10 bits per heavy atom. The predicted molar refractivity (Wildman–Crippen MR) is 116 cm³/mol. The number of hydrogen-bond acceptors (Lipinski definition) is 7. The highest BCUT2D eigenvalue weighted by molar-refractivity contribution is 5.82. The lowest BCUT2D eigenvalue weighted by Gasteiger charge is -2.25. The summed E-state index contributed by atoms with van der Waals surface area (Å²) >= 11 is 0. The fourth-order valence-corrected chi connectivity index (χ4v) is 3.43. The van der Waals surface area contributed by atoms with Crippen molar-refractivity contribution in [2.75, 3.05) is 25.1 Å². The van der Waals surface area contributed by atoms with Crippen LogP contribution < -0.4 is 15.0 Å². The topological polar surface area (TPSA) is 100 Å². The van der Waals surface area contributed by atoms with E-state index in [0.717, 1.165) is 36.3 Å². The van der Waals surface area contributed by atoms with Crippen molar-refractivity contribution in [1.29, 1.82) is 0 Å². The van der Waals surface area contributed by atoms with Gasteiger partial charge >= 0.3 is 0 Å². The number of aromatic nitrogens is 3. The molecule has 0 spiro atoms. The number of hydrogen-bond donors (Lipinski definition) is 2. The summed E-state index contributed by atoms with van der Waals surface area (Å²) in [6.45, 7) is 7.97. The first kappa shape index (κ1) is 22.0. The molecule has 0 unspecified atom stereocenters. The molecule has 0 radical (unpaired) electrons. The van der Waals surface area contributed by atoms with Crippen LogP contribution in [0.1, 0.15) is 45.4 Å². The van der Waals surface area contributed by atoms with Crippen molar-refractivity contribution in [3.8, 4) is 17.3 Å². The van der Waals surface area contributed by atoms with Crippen LogP contribution in [0.2, 0.25) is 0 Å². The number of fused-ring (bicyclic) bond motifs is 1. The monoisotopic (exact) mass is 413 g/mol. The van der Waals surface area contributed by atoms with Gasteiger partial charge in [0, 0.05) is 36.1 Å². The standard InChI is InChI=1S/C22H31N5O3/c1-14(28)13-30-15-9-10-23-18(11-15)20-24-17-8-6-7-16(17)21(25-20)27(5)12-19(29)26-22(2,3)4/h9-11,14,28H,6-8,12-13H2,1-5H3,(H,26,29)/t14-/m0/s1. The zero-order valence-corrected chi connectivity index (χ0v) is 18.4. The number of anilines is 1. The Labute approximate surface area is 177 Å². The summed E-state index contributed by atoms with van der Waals surface area (Å²) in [5.74, 6) is 1.83. The maximum absolute atomic E-state index is 12.4. The second-order valence-corrected chi connectivity index (χ2v) is 8.84. The summed E-state index contributed by atoms with van der Waals surface area (Å²) in [5.41, 5.74) is 2.43. The van der Waals surface area contributed by atoms with Gasteiger partial charge in [0.05, 0.1) is 12.6 Å². The van der Waals surface area contributed by atoms with E-state index in [1.54, 1.807) is 25.3 Å². The number of aliphatic hydroxyl groups excluding tert-OH is 1. The lowest BCUT2D eigenvalue weighted by molar-refractivity contribution is -0.121. The average Bonchev–Trinajstić information content (AvgIpc) is 3.12. The normalized spacial score (nSPS) is 14.2. The van der Waals surface area contributed by atoms with Gasteiger partial charge in [-0.1, -0.05) is 0 Å². The number of nitrogens with zero attached hydrogens (tertiary/aromatic N) is 4. The molecule has 1 aliphatic carbocycles. The van der Waals surface area contributed by atoms with Crippen molar-refractivity contribution in [1.82, 2.24) is 20.3 Å². The molecule has 2 aromatic heterocycles. The third-order valence-corrected chi connectivity index (χ3v) is 4.62. The molecule has 0 bridgehead atoms. The van der Waals surface area contributed by atoms with Crippen molar-refractivity contribution in [3.63, 3.8) is 0 Å². The zero-order chi connectivity index (χ0) is 21.9. The molecule has 0 saturated heterocycles. The van der Waals surface area contributed by atoms with Gasteiger partial charge in [-0.15, -0.1) is 0 Å². The van der Waals surface area contributed by atoms with E-state index in [9.17, 15) is 9.90 Å². The van der Waals surface area contributed by atoms with Crippen LogP contribution in [0.3, 0.4) is 0 Å². The molecular formula is C22H31N5O3. The fourth-order valence-electron chi connectivity index (χ4n) is 3.43. The minimum absolute atomic E-state index is 0.0523. The number of likely N-dealkylation sites (N-methyl/N-ethyl adjacent to an activating group) is 1. The summed E-state index contributed by atoms with van der Waals surface area (Å²) in [7, 11) is 1.88. The minimum atomic E-state index is -0.558. The maximum atomic E-state index is 12.4. The van der Waals surface area contributed by atoms with Crippen LogP contribution in [0, 0.1) is 0 Å². The van der Waals surface area contributed by atoms with E-state index < -0.39 is 6.10 Å². The number of rotatable bonds is 7. The number of ether oxygens (including phenoxy) is 1. The molecule has 8 nitrogen and oxygen atoms in total. The van der Waals surface area contributed by atoms with Crippen molar-refractivity contribution >= 4 is 11.7 Å². The highest BCUT2D eigenvalue weighted by Crippen LogP contribution is 2.31. The smallest absolute Gasteiger partial charge is 0.239 e. The SMILES string of the molecule is C[C@H](O)COc1ccnc(-c2nc3c(c(N(C)CC(=O)NC(C)(C)C)n2)CCC3)c1. The van der Waals surface area contributed by atoms with Crippen molar-refractivity contribution in [2.24, 2.45) is 0 Å². The fraction of sp³-hybridized carbons (Fsp3) is 0.545. The lowest BCUT2D eigenvalue weighted by Crippen LogP contribution is -2.45. The van der Waals surface area contributed by atoms with Crippen LogP contribution in [-0.2, 0) is 17.6 Å². The molecule has 1 amide bonds. The molecule has 2 heterocycles. The molecule has 8 heteroatoms. The Morgan fingerprint density at radius 3 is 2.80 bits per heavy atom. The molecule has 30 heavy (non-hydrogen) atoms. The number of aliphatic hydroxyl groups is 1. The van der Waals surface area contributed by atoms with Crippen molar-refractivity contribution in [3.05, 3.63) is 29.6 Å². The van der Waals surface area contributed by atoms with Gasteiger partial charge in [0.1, 0.15) is 23.9 Å². The van der Waals surface area contributed by atoms with Crippen LogP contribution >= 0.6 is 0 Å². The molecule has 0 aliphatic heterocycles. The second kappa shape index (κ2) is 8.95. The van der Waals surface area contributed by atoms with Gasteiger partial charge in [-0.25, -0.2) is 9.97 Å². The van der Waals surface area contributed by atoms with Crippen LogP contribution in [0.5, 0.6) is 5.75 Å². The molecule has 1 atom stereocenters. The molecule has 2 aromatic rings. The van der Waals surface area contributed by atoms with Gasteiger partial charge in [0.2, 0.25) is 5.91 Å². The van der Waals surface area contributed by atoms with Crippen LogP contribution in [-0.4, -0.2) is 57.8 Å². The van der Waals surface area contributed by atoms with Gasteiger partial charge in [0.15, 0.2) is 5.82 Å². The number of carbonyl (C=O) groups is 1. The van der Waals surface area contributed by atoms with Crippen LogP contribution in [0.25, 0.3) is 11.5 Å². The third kappa shape index (κ3) is 5.66. The molecule has 0 fully saturated rings. The lowest BCUT2D eigenvalue weighted by atomic mass is 10.1. The van der Waals surface area contributed by atoms with Gasteiger partial charge in [0.25, 0.3) is 0 Å². The molecular weight excluding hydrogens is 382 g/mol. The molecule has 0 saturated carbocycles. The van der Waals surface area contributed by atoms with E-state index in [4.69, 9.17) is 14.7 Å². The Bertz CT molecular complexity index is 908. The Hall–Kier alpha value is -2.74. The summed E-state index contributed by atoms with van der Waals surface area (Å²) in [6, 6.07) is 3.51. The Balaban J connectivity index is 1.88. The quantitative estimate of drug-likeness (QED) is 0.717. The zero-order valence-electron chi connectivity index (χ0n) is 18.4. The number of pyridine rings is 1. The summed E-state index contributed by atoms with van der Waals surface area (Å²) in [4.78, 5) is 28.2. The summed E-state index contributed by atoms with van der Waals surface area (Å²) < 4.78 is 5.59. The molecule has 162 valence electrons. The summed E-state index contributed by atoms with van der Waals surface area (Å²) in [6.07, 6.45) is 3.90. The second-order valence-electron chi connectivity index (χ2n) is 8.84. The van der Waals surface area contributed by atoms with Crippen LogP contribution in [0.4, 0.5) is 5.82 Å².